The number of halogens is 1. The molecule has 2 fully saturated rings. The molecule has 2 aliphatic rings. The lowest BCUT2D eigenvalue weighted by molar-refractivity contribution is -0.141. The maximum atomic E-state index is 12.9. The summed E-state index contributed by atoms with van der Waals surface area (Å²) in [4.78, 5) is 25.9. The van der Waals surface area contributed by atoms with Crippen LogP contribution >= 0.6 is 23.4 Å². The highest BCUT2D eigenvalue weighted by molar-refractivity contribution is 8.00. The predicted octanol–water partition coefficient (Wildman–Crippen LogP) is 3.03. The minimum atomic E-state index is -0.932. The Morgan fingerprint density at radius 2 is 2.10 bits per heavy atom. The lowest BCUT2D eigenvalue weighted by Crippen LogP contribution is -2.46. The van der Waals surface area contributed by atoms with Gasteiger partial charge < -0.3 is 10.0 Å². The minimum Gasteiger partial charge on any atom is -0.480 e. The zero-order chi connectivity index (χ0) is 15.1. The van der Waals surface area contributed by atoms with E-state index < -0.39 is 12.0 Å². The molecule has 2 unspecified atom stereocenters. The van der Waals surface area contributed by atoms with E-state index >= 15 is 0 Å². The second kappa shape index (κ2) is 5.54. The summed E-state index contributed by atoms with van der Waals surface area (Å²) >= 11 is 7.57. The molecule has 1 aromatic carbocycles. The average Bonchev–Trinajstić information content (AvgIpc) is 3.19. The van der Waals surface area contributed by atoms with E-state index in [0.717, 1.165) is 18.4 Å². The number of thioether (sulfide) groups is 1. The van der Waals surface area contributed by atoms with Crippen LogP contribution in [-0.2, 0) is 4.79 Å². The Kier molecular flexibility index (Phi) is 3.88. The Labute approximate surface area is 132 Å². The second-order valence-corrected chi connectivity index (χ2v) is 7.17. The Bertz CT molecular complexity index is 603. The first-order valence-corrected chi connectivity index (χ1v) is 8.35. The third-order valence-corrected chi connectivity index (χ3v) is 5.71. The molecular weight excluding hydrogens is 310 g/mol. The van der Waals surface area contributed by atoms with Crippen LogP contribution in [0.4, 0.5) is 0 Å². The van der Waals surface area contributed by atoms with Crippen molar-refractivity contribution in [1.29, 1.82) is 0 Å². The lowest BCUT2D eigenvalue weighted by Gasteiger charge is -2.28. The molecule has 1 saturated carbocycles. The summed E-state index contributed by atoms with van der Waals surface area (Å²) in [7, 11) is 0. The van der Waals surface area contributed by atoms with Crippen molar-refractivity contribution >= 4 is 35.2 Å². The van der Waals surface area contributed by atoms with Gasteiger partial charge in [0.15, 0.2) is 0 Å². The van der Waals surface area contributed by atoms with E-state index in [2.05, 4.69) is 0 Å². The van der Waals surface area contributed by atoms with E-state index in [0.29, 0.717) is 22.3 Å². The molecule has 1 aliphatic heterocycles. The topological polar surface area (TPSA) is 57.6 Å². The van der Waals surface area contributed by atoms with E-state index in [1.54, 1.807) is 34.9 Å². The number of nitrogens with zero attached hydrogens (tertiary/aromatic N) is 1. The van der Waals surface area contributed by atoms with Crippen molar-refractivity contribution < 1.29 is 14.7 Å². The molecule has 0 radical (unpaired) electrons. The predicted molar refractivity (Wildman–Crippen MR) is 82.8 cm³/mol. The molecule has 1 heterocycles. The zero-order valence-corrected chi connectivity index (χ0v) is 13.2. The first kappa shape index (κ1) is 14.7. The number of amides is 1. The van der Waals surface area contributed by atoms with Crippen molar-refractivity contribution in [2.75, 3.05) is 5.75 Å². The Morgan fingerprint density at radius 3 is 2.71 bits per heavy atom. The molecule has 0 aromatic heterocycles. The molecule has 0 bridgehead atoms. The average molecular weight is 326 g/mol. The molecule has 21 heavy (non-hydrogen) atoms. The van der Waals surface area contributed by atoms with Gasteiger partial charge in [0.2, 0.25) is 0 Å². The molecule has 1 aliphatic carbocycles. The van der Waals surface area contributed by atoms with E-state index in [4.69, 9.17) is 11.6 Å². The van der Waals surface area contributed by atoms with Gasteiger partial charge in [-0.15, -0.1) is 11.8 Å². The fraction of sp³-hybridized carbons (Fsp3) is 0.467. The maximum absolute atomic E-state index is 12.9. The van der Waals surface area contributed by atoms with Crippen LogP contribution in [0.2, 0.25) is 5.02 Å². The van der Waals surface area contributed by atoms with Crippen molar-refractivity contribution in [2.24, 2.45) is 5.92 Å². The van der Waals surface area contributed by atoms with Crippen LogP contribution in [0, 0.1) is 12.8 Å². The molecule has 2 atom stereocenters. The quantitative estimate of drug-likeness (QED) is 0.928. The number of carboxylic acids is 1. The normalized spacial score (nSPS) is 25.1. The Morgan fingerprint density at radius 1 is 1.38 bits per heavy atom. The number of hydrogen-bond donors (Lipinski definition) is 1. The highest BCUT2D eigenvalue weighted by atomic mass is 35.5. The van der Waals surface area contributed by atoms with Crippen LogP contribution < -0.4 is 0 Å². The van der Waals surface area contributed by atoms with Crippen LogP contribution in [-0.4, -0.2) is 39.1 Å². The summed E-state index contributed by atoms with van der Waals surface area (Å²) in [6, 6.07) is 4.41. The Balaban J connectivity index is 1.95. The molecule has 6 heteroatoms. The summed E-state index contributed by atoms with van der Waals surface area (Å²) in [5.74, 6) is -0.257. The number of carbonyl (C=O) groups is 2. The van der Waals surface area contributed by atoms with Gasteiger partial charge in [-0.3, -0.25) is 4.79 Å². The number of aliphatic carboxylic acids is 1. The van der Waals surface area contributed by atoms with E-state index in [9.17, 15) is 14.7 Å². The van der Waals surface area contributed by atoms with Crippen molar-refractivity contribution in [3.05, 3.63) is 34.3 Å². The van der Waals surface area contributed by atoms with Crippen molar-refractivity contribution in [2.45, 2.75) is 31.2 Å². The molecule has 0 spiro atoms. The van der Waals surface area contributed by atoms with Gasteiger partial charge in [0.25, 0.3) is 5.91 Å². The van der Waals surface area contributed by atoms with Gasteiger partial charge in [0.05, 0.1) is 5.37 Å². The standard InChI is InChI=1S/C15H16ClNO3S/c1-8-2-5-10(16)6-11(8)13(18)17-12(15(19)20)7-21-14(17)9-3-4-9/h2,5-6,9,12,14H,3-4,7H2,1H3,(H,19,20). The highest BCUT2D eigenvalue weighted by Crippen LogP contribution is 2.46. The summed E-state index contributed by atoms with van der Waals surface area (Å²) < 4.78 is 0. The fourth-order valence-electron chi connectivity index (χ4n) is 2.68. The Hall–Kier alpha value is -1.20. The SMILES string of the molecule is Cc1ccc(Cl)cc1C(=O)N1C(C(=O)O)CSC1C1CC1. The fourth-order valence-corrected chi connectivity index (χ4v) is 4.49. The van der Waals surface area contributed by atoms with Crippen molar-refractivity contribution in [1.82, 2.24) is 4.90 Å². The lowest BCUT2D eigenvalue weighted by atomic mass is 10.1. The first-order valence-electron chi connectivity index (χ1n) is 6.92. The summed E-state index contributed by atoms with van der Waals surface area (Å²) in [6.45, 7) is 1.84. The van der Waals surface area contributed by atoms with Crippen molar-refractivity contribution in [3.63, 3.8) is 0 Å². The molecule has 1 amide bonds. The third kappa shape index (κ3) is 2.77. The first-order chi connectivity index (χ1) is 9.99. The van der Waals surface area contributed by atoms with E-state index in [1.807, 2.05) is 6.92 Å². The van der Waals surface area contributed by atoms with Crippen LogP contribution in [0.5, 0.6) is 0 Å². The van der Waals surface area contributed by atoms with Gasteiger partial charge in [0.1, 0.15) is 6.04 Å². The number of carbonyl (C=O) groups excluding carboxylic acids is 1. The van der Waals surface area contributed by atoms with Gasteiger partial charge in [0, 0.05) is 16.3 Å². The highest BCUT2D eigenvalue weighted by Gasteiger charge is 2.48. The van der Waals surface area contributed by atoms with Crippen LogP contribution in [0.1, 0.15) is 28.8 Å². The number of aryl methyl sites for hydroxylation is 1. The summed E-state index contributed by atoms with van der Waals surface area (Å²) in [5.41, 5.74) is 1.32. The van der Waals surface area contributed by atoms with Gasteiger partial charge in [-0.1, -0.05) is 17.7 Å². The smallest absolute Gasteiger partial charge is 0.327 e. The van der Waals surface area contributed by atoms with Gasteiger partial charge >= 0.3 is 5.97 Å². The van der Waals surface area contributed by atoms with E-state index in [1.165, 1.54) is 0 Å². The molecule has 1 aromatic rings. The number of carboxylic acid groups (broad SMARTS) is 1. The van der Waals surface area contributed by atoms with Crippen molar-refractivity contribution in [3.8, 4) is 0 Å². The van der Waals surface area contributed by atoms with E-state index in [-0.39, 0.29) is 11.3 Å². The molecule has 112 valence electrons. The number of benzene rings is 1. The number of hydrogen-bond acceptors (Lipinski definition) is 3. The maximum Gasteiger partial charge on any atom is 0.327 e. The summed E-state index contributed by atoms with van der Waals surface area (Å²) in [5, 5.41) is 9.86. The van der Waals surface area contributed by atoms with Gasteiger partial charge in [-0.2, -0.15) is 0 Å². The second-order valence-electron chi connectivity index (χ2n) is 5.59. The molecule has 4 nitrogen and oxygen atoms in total. The zero-order valence-electron chi connectivity index (χ0n) is 11.6. The number of rotatable bonds is 3. The molecule has 3 rings (SSSR count). The monoisotopic (exact) mass is 325 g/mol. The summed E-state index contributed by atoms with van der Waals surface area (Å²) in [6.07, 6.45) is 2.14. The molecule has 1 saturated heterocycles. The van der Waals surface area contributed by atoms with Gasteiger partial charge in [-0.05, 0) is 43.4 Å². The molecular formula is C15H16ClNO3S. The van der Waals surface area contributed by atoms with Crippen LogP contribution in [0.25, 0.3) is 0 Å². The largest absolute Gasteiger partial charge is 0.480 e. The van der Waals surface area contributed by atoms with Gasteiger partial charge in [-0.25, -0.2) is 4.79 Å². The minimum absolute atomic E-state index is 0.0167. The molecule has 1 N–H and O–H groups in total. The van der Waals surface area contributed by atoms with Crippen LogP contribution in [0.3, 0.4) is 0 Å². The van der Waals surface area contributed by atoms with Crippen LogP contribution in [0.15, 0.2) is 18.2 Å². The third-order valence-electron chi connectivity index (χ3n) is 4.01.